The van der Waals surface area contributed by atoms with Crippen LogP contribution < -0.4 is 5.32 Å². The fourth-order valence-corrected chi connectivity index (χ4v) is 6.03. The van der Waals surface area contributed by atoms with E-state index in [0.717, 1.165) is 48.3 Å². The summed E-state index contributed by atoms with van der Waals surface area (Å²) in [5.74, 6) is 0.0612. The zero-order chi connectivity index (χ0) is 33.3. The number of benzene rings is 2. The fourth-order valence-electron chi connectivity index (χ4n) is 5.55. The Balaban J connectivity index is 0.000000507. The molecule has 0 atom stereocenters. The lowest BCUT2D eigenvalue weighted by molar-refractivity contribution is -0.117. The second-order valence-corrected chi connectivity index (χ2v) is 13.9. The number of anilines is 1. The molecule has 2 N–H and O–H groups in total. The first kappa shape index (κ1) is 40.8. The molecule has 0 aromatic heterocycles. The Bertz CT molecular complexity index is 1120. The predicted octanol–water partition coefficient (Wildman–Crippen LogP) is 10.3. The van der Waals surface area contributed by atoms with Crippen LogP contribution in [0.4, 0.5) is 5.69 Å². The Hall–Kier alpha value is -2.22. The van der Waals surface area contributed by atoms with Crippen molar-refractivity contribution in [3.8, 4) is 0 Å². The molecule has 2 aromatic rings. The molecule has 6 nitrogen and oxygen atoms in total. The summed E-state index contributed by atoms with van der Waals surface area (Å²) in [6, 6.07) is 12.6. The molecule has 0 saturated heterocycles. The average molecular weight is 645 g/mol. The molecule has 0 saturated carbocycles. The molecule has 0 spiro atoms. The molecule has 0 radical (unpaired) electrons. The molecular formula is C38H64N2O4S. The molecule has 0 aliphatic heterocycles. The standard InChI is InChI=1S/C24H42O3S.C14H22N2O/c1-2-3-4-5-6-7-8-9-10-11-12-13-14-15-16-17-18-23-19-21-24(22-20-23)28(25,26)27;1-5-16(6-2)10-13(17)15-14-11(3)8-7-9-12(14)4/h19-22H,2-18H2,1H3,(H,25,26,27);7-9H,5-6,10H2,1-4H3,(H,15,17). The Labute approximate surface area is 276 Å². The maximum absolute atomic E-state index is 11.9. The lowest BCUT2D eigenvalue weighted by Gasteiger charge is -2.18. The van der Waals surface area contributed by atoms with Crippen molar-refractivity contribution in [3.63, 3.8) is 0 Å². The van der Waals surface area contributed by atoms with Crippen molar-refractivity contribution >= 4 is 21.7 Å². The number of rotatable bonds is 23. The van der Waals surface area contributed by atoms with Crippen molar-refractivity contribution in [2.24, 2.45) is 0 Å². The number of unbranched alkanes of at least 4 members (excludes halogenated alkanes) is 15. The van der Waals surface area contributed by atoms with Gasteiger partial charge in [0.25, 0.3) is 10.1 Å². The van der Waals surface area contributed by atoms with Crippen LogP contribution in [0.1, 0.15) is 140 Å². The maximum Gasteiger partial charge on any atom is 0.294 e. The van der Waals surface area contributed by atoms with Crippen molar-refractivity contribution < 1.29 is 17.8 Å². The maximum atomic E-state index is 11.9. The minimum atomic E-state index is -4.07. The first-order valence-corrected chi connectivity index (χ1v) is 19.2. The van der Waals surface area contributed by atoms with Crippen LogP contribution in [-0.2, 0) is 21.3 Å². The first-order valence-electron chi connectivity index (χ1n) is 17.8. The van der Waals surface area contributed by atoms with E-state index in [4.69, 9.17) is 4.55 Å². The van der Waals surface area contributed by atoms with E-state index in [-0.39, 0.29) is 10.8 Å². The molecular weight excluding hydrogens is 580 g/mol. The van der Waals surface area contributed by atoms with Crippen LogP contribution >= 0.6 is 0 Å². The minimum Gasteiger partial charge on any atom is -0.324 e. The summed E-state index contributed by atoms with van der Waals surface area (Å²) >= 11 is 0. The lowest BCUT2D eigenvalue weighted by Crippen LogP contribution is -2.33. The predicted molar refractivity (Wildman–Crippen MR) is 192 cm³/mol. The molecule has 2 aromatic carbocycles. The van der Waals surface area contributed by atoms with Gasteiger partial charge in [0.1, 0.15) is 0 Å². The van der Waals surface area contributed by atoms with E-state index in [2.05, 4.69) is 31.0 Å². The summed E-state index contributed by atoms with van der Waals surface area (Å²) in [6.45, 7) is 12.7. The number of likely N-dealkylation sites (N-methyl/N-ethyl adjacent to an activating group) is 1. The van der Waals surface area contributed by atoms with E-state index >= 15 is 0 Å². The fraction of sp³-hybridized carbons (Fsp3) is 0.658. The van der Waals surface area contributed by atoms with Gasteiger partial charge in [-0.05, 0) is 68.6 Å². The molecule has 0 fully saturated rings. The van der Waals surface area contributed by atoms with Crippen molar-refractivity contribution in [2.45, 2.75) is 149 Å². The summed E-state index contributed by atoms with van der Waals surface area (Å²) in [7, 11) is -4.07. The largest absolute Gasteiger partial charge is 0.324 e. The number of aryl methyl sites for hydroxylation is 3. The van der Waals surface area contributed by atoms with Crippen molar-refractivity contribution in [1.82, 2.24) is 4.90 Å². The number of carbonyl (C=O) groups excluding carboxylic acids is 1. The third-order valence-electron chi connectivity index (χ3n) is 8.55. The van der Waals surface area contributed by atoms with Gasteiger partial charge in [-0.25, -0.2) is 0 Å². The van der Waals surface area contributed by atoms with E-state index in [1.165, 1.54) is 108 Å². The highest BCUT2D eigenvalue weighted by molar-refractivity contribution is 7.85. The summed E-state index contributed by atoms with van der Waals surface area (Å²) in [4.78, 5) is 14.0. The number of nitrogens with zero attached hydrogens (tertiary/aromatic N) is 1. The van der Waals surface area contributed by atoms with Crippen LogP contribution in [0.15, 0.2) is 47.4 Å². The summed E-state index contributed by atoms with van der Waals surface area (Å²) in [6.07, 6.45) is 22.9. The van der Waals surface area contributed by atoms with Gasteiger partial charge in [0, 0.05) is 5.69 Å². The zero-order valence-electron chi connectivity index (χ0n) is 29.2. The SMILES string of the molecule is CCCCCCCCCCCCCCCCCCc1ccc(S(=O)(=O)O)cc1.CCN(CC)CC(=O)Nc1c(C)cccc1C. The van der Waals surface area contributed by atoms with E-state index in [1.54, 1.807) is 12.1 Å². The highest BCUT2D eigenvalue weighted by Crippen LogP contribution is 2.19. The topological polar surface area (TPSA) is 86.7 Å². The number of amides is 1. The molecule has 7 heteroatoms. The van der Waals surface area contributed by atoms with Crippen molar-refractivity contribution in [1.29, 1.82) is 0 Å². The van der Waals surface area contributed by atoms with Crippen LogP contribution in [0.5, 0.6) is 0 Å². The zero-order valence-corrected chi connectivity index (χ0v) is 30.0. The number of para-hydroxylation sites is 1. The van der Waals surface area contributed by atoms with Gasteiger partial charge in [0.05, 0.1) is 11.4 Å². The second kappa shape index (κ2) is 24.9. The van der Waals surface area contributed by atoms with E-state index < -0.39 is 10.1 Å². The van der Waals surface area contributed by atoms with Crippen LogP contribution in [0.2, 0.25) is 0 Å². The normalized spacial score (nSPS) is 11.4. The van der Waals surface area contributed by atoms with Gasteiger partial charge in [-0.3, -0.25) is 14.2 Å². The van der Waals surface area contributed by atoms with Gasteiger partial charge >= 0.3 is 0 Å². The Morgan fingerprint density at radius 2 is 1.09 bits per heavy atom. The summed E-state index contributed by atoms with van der Waals surface area (Å²) in [5, 5.41) is 3.00. The van der Waals surface area contributed by atoms with Gasteiger partial charge < -0.3 is 5.32 Å². The number of nitrogens with one attached hydrogen (secondary N) is 1. The summed E-state index contributed by atoms with van der Waals surface area (Å²) in [5.41, 5.74) is 4.30. The van der Waals surface area contributed by atoms with Gasteiger partial charge in [-0.2, -0.15) is 8.42 Å². The quantitative estimate of drug-likeness (QED) is 0.0928. The first-order chi connectivity index (χ1) is 21.6. The number of carbonyl (C=O) groups is 1. The average Bonchev–Trinajstić information content (AvgIpc) is 3.01. The van der Waals surface area contributed by atoms with Gasteiger partial charge in [-0.1, -0.05) is 147 Å². The Morgan fingerprint density at radius 1 is 0.667 bits per heavy atom. The van der Waals surface area contributed by atoms with E-state index in [9.17, 15) is 13.2 Å². The highest BCUT2D eigenvalue weighted by Gasteiger charge is 2.10. The molecule has 2 rings (SSSR count). The highest BCUT2D eigenvalue weighted by atomic mass is 32.2. The summed E-state index contributed by atoms with van der Waals surface area (Å²) < 4.78 is 31.0. The van der Waals surface area contributed by atoms with Crippen LogP contribution in [-0.4, -0.2) is 43.4 Å². The molecule has 45 heavy (non-hydrogen) atoms. The molecule has 0 aliphatic carbocycles. The lowest BCUT2D eigenvalue weighted by atomic mass is 10.0. The number of hydrogen-bond acceptors (Lipinski definition) is 4. The molecule has 0 aliphatic rings. The molecule has 0 heterocycles. The minimum absolute atomic E-state index is 0.0248. The van der Waals surface area contributed by atoms with Crippen molar-refractivity contribution in [3.05, 3.63) is 59.2 Å². The smallest absolute Gasteiger partial charge is 0.294 e. The van der Waals surface area contributed by atoms with Crippen LogP contribution in [0, 0.1) is 13.8 Å². The molecule has 0 unspecified atom stereocenters. The van der Waals surface area contributed by atoms with Gasteiger partial charge in [0.2, 0.25) is 5.91 Å². The molecule has 256 valence electrons. The van der Waals surface area contributed by atoms with Crippen LogP contribution in [0.25, 0.3) is 0 Å². The van der Waals surface area contributed by atoms with Crippen LogP contribution in [0.3, 0.4) is 0 Å². The Kier molecular flexibility index (Phi) is 22.6. The van der Waals surface area contributed by atoms with Gasteiger partial charge in [-0.15, -0.1) is 0 Å². The van der Waals surface area contributed by atoms with E-state index in [1.807, 2.05) is 32.0 Å². The third-order valence-corrected chi connectivity index (χ3v) is 9.42. The Morgan fingerprint density at radius 3 is 1.49 bits per heavy atom. The second-order valence-electron chi connectivity index (χ2n) is 12.4. The molecule has 0 bridgehead atoms. The van der Waals surface area contributed by atoms with Crippen molar-refractivity contribution in [2.75, 3.05) is 25.0 Å². The monoisotopic (exact) mass is 644 g/mol. The number of hydrogen-bond donors (Lipinski definition) is 2. The van der Waals surface area contributed by atoms with E-state index in [0.29, 0.717) is 6.54 Å². The molecule has 1 amide bonds. The van der Waals surface area contributed by atoms with Gasteiger partial charge in [0.15, 0.2) is 0 Å². The third kappa shape index (κ3) is 19.8.